The van der Waals surface area contributed by atoms with Crippen LogP contribution in [0.4, 0.5) is 16.2 Å². The molecule has 0 unspecified atom stereocenters. The first-order valence-electron chi connectivity index (χ1n) is 11.5. The average Bonchev–Trinajstić information content (AvgIpc) is 2.80. The van der Waals surface area contributed by atoms with Crippen LogP contribution >= 0.6 is 11.6 Å². The Bertz CT molecular complexity index is 959. The molecule has 37 heavy (non-hydrogen) atoms. The van der Waals surface area contributed by atoms with Gasteiger partial charge in [0.1, 0.15) is 30.3 Å². The molecule has 0 saturated carbocycles. The van der Waals surface area contributed by atoms with Crippen LogP contribution in [0.5, 0.6) is 5.75 Å². The van der Waals surface area contributed by atoms with Crippen molar-refractivity contribution < 1.29 is 42.9 Å². The van der Waals surface area contributed by atoms with E-state index in [0.29, 0.717) is 0 Å². The monoisotopic (exact) mass is 543 g/mol. The summed E-state index contributed by atoms with van der Waals surface area (Å²) in [5.41, 5.74) is -0.294. The van der Waals surface area contributed by atoms with Crippen molar-refractivity contribution in [1.29, 1.82) is 0 Å². The lowest BCUT2D eigenvalue weighted by Gasteiger charge is -2.26. The number of imide groups is 1. The minimum Gasteiger partial charge on any atom is -0.481 e. The highest BCUT2D eigenvalue weighted by atomic mass is 35.5. The fraction of sp³-hybridized carbons (Fsp3) is 0.542. The average molecular weight is 544 g/mol. The molecule has 0 bridgehead atoms. The van der Waals surface area contributed by atoms with Crippen LogP contribution in [0.3, 0.4) is 0 Å². The van der Waals surface area contributed by atoms with E-state index in [1.54, 1.807) is 34.6 Å². The maximum absolute atomic E-state index is 12.6. The standard InChI is InChI=1S/C24H34ClN3O9/c1-7-34-21(31)13-28(14-22(32)35-8-2)17-10-9-16(26-19(29)12-25)11-18(17)36-15-20(30)27(6)23(33)37-24(3,4)5/h9-11H,7-8,12-15H2,1-6H3,(H,26,29). The minimum absolute atomic E-state index is 0.0342. The number of benzene rings is 1. The maximum Gasteiger partial charge on any atom is 0.416 e. The lowest BCUT2D eigenvalue weighted by molar-refractivity contribution is -0.142. The van der Waals surface area contributed by atoms with Gasteiger partial charge in [0.2, 0.25) is 5.91 Å². The molecule has 0 atom stereocenters. The number of hydrogen-bond acceptors (Lipinski definition) is 10. The third-order valence-electron chi connectivity index (χ3n) is 4.35. The normalized spacial score (nSPS) is 10.7. The number of anilines is 2. The number of amides is 3. The van der Waals surface area contributed by atoms with Crippen molar-refractivity contribution in [2.24, 2.45) is 0 Å². The summed E-state index contributed by atoms with van der Waals surface area (Å²) < 4.78 is 20.9. The van der Waals surface area contributed by atoms with E-state index in [0.717, 1.165) is 4.90 Å². The van der Waals surface area contributed by atoms with Gasteiger partial charge in [-0.3, -0.25) is 19.2 Å². The van der Waals surface area contributed by atoms with Gasteiger partial charge in [0.05, 0.1) is 18.9 Å². The van der Waals surface area contributed by atoms with Crippen LogP contribution in [0.15, 0.2) is 18.2 Å². The van der Waals surface area contributed by atoms with Crippen molar-refractivity contribution >= 4 is 52.8 Å². The van der Waals surface area contributed by atoms with E-state index in [-0.39, 0.29) is 49.3 Å². The van der Waals surface area contributed by atoms with Crippen molar-refractivity contribution in [3.05, 3.63) is 18.2 Å². The molecule has 0 aliphatic rings. The lowest BCUT2D eigenvalue weighted by atomic mass is 10.2. The van der Waals surface area contributed by atoms with Gasteiger partial charge in [-0.1, -0.05) is 0 Å². The lowest BCUT2D eigenvalue weighted by Crippen LogP contribution is -2.40. The zero-order chi connectivity index (χ0) is 28.2. The minimum atomic E-state index is -0.865. The number of nitrogens with one attached hydrogen (secondary N) is 1. The van der Waals surface area contributed by atoms with Crippen molar-refractivity contribution in [1.82, 2.24) is 4.90 Å². The van der Waals surface area contributed by atoms with Crippen LogP contribution < -0.4 is 15.0 Å². The van der Waals surface area contributed by atoms with Crippen LogP contribution in [-0.2, 0) is 33.4 Å². The second-order valence-corrected chi connectivity index (χ2v) is 8.82. The Morgan fingerprint density at radius 1 is 0.973 bits per heavy atom. The van der Waals surface area contributed by atoms with Crippen LogP contribution in [0.2, 0.25) is 0 Å². The third-order valence-corrected chi connectivity index (χ3v) is 4.59. The molecule has 13 heteroatoms. The third kappa shape index (κ3) is 11.4. The first kappa shape index (κ1) is 31.5. The zero-order valence-electron chi connectivity index (χ0n) is 21.9. The summed E-state index contributed by atoms with van der Waals surface area (Å²) in [5, 5.41) is 2.55. The van der Waals surface area contributed by atoms with Crippen molar-refractivity contribution in [3.8, 4) is 5.75 Å². The number of alkyl halides is 1. The number of likely N-dealkylation sites (N-methyl/N-ethyl adjacent to an activating group) is 1. The van der Waals surface area contributed by atoms with Gasteiger partial charge in [-0.25, -0.2) is 9.69 Å². The van der Waals surface area contributed by atoms with Crippen LogP contribution in [0.25, 0.3) is 0 Å². The number of nitrogens with zero attached hydrogens (tertiary/aromatic N) is 2. The van der Waals surface area contributed by atoms with Gasteiger partial charge in [0, 0.05) is 18.8 Å². The molecule has 1 rings (SSSR count). The van der Waals surface area contributed by atoms with Gasteiger partial charge in [-0.15, -0.1) is 11.6 Å². The Hall–Kier alpha value is -3.54. The number of carbonyl (C=O) groups is 5. The molecule has 12 nitrogen and oxygen atoms in total. The topological polar surface area (TPSA) is 141 Å². The summed E-state index contributed by atoms with van der Waals surface area (Å²) >= 11 is 5.56. The summed E-state index contributed by atoms with van der Waals surface area (Å²) in [7, 11) is 1.24. The summed E-state index contributed by atoms with van der Waals surface area (Å²) in [6, 6.07) is 4.38. The molecule has 1 aromatic rings. The van der Waals surface area contributed by atoms with Crippen molar-refractivity contribution in [3.63, 3.8) is 0 Å². The quantitative estimate of drug-likeness (QED) is 0.237. The fourth-order valence-corrected chi connectivity index (χ4v) is 2.85. The highest BCUT2D eigenvalue weighted by molar-refractivity contribution is 6.29. The molecule has 0 fully saturated rings. The molecule has 0 saturated heterocycles. The molecule has 206 valence electrons. The highest BCUT2D eigenvalue weighted by Gasteiger charge is 2.26. The van der Waals surface area contributed by atoms with Gasteiger partial charge in [-0.2, -0.15) is 0 Å². The summed E-state index contributed by atoms with van der Waals surface area (Å²) in [4.78, 5) is 63.2. The molecule has 1 N–H and O–H groups in total. The second kappa shape index (κ2) is 14.9. The van der Waals surface area contributed by atoms with E-state index in [2.05, 4.69) is 5.32 Å². The molecule has 3 amide bonds. The van der Waals surface area contributed by atoms with Gasteiger partial charge in [0.25, 0.3) is 5.91 Å². The summed E-state index contributed by atoms with van der Waals surface area (Å²) in [5.74, 6) is -2.70. The number of rotatable bonds is 12. The van der Waals surface area contributed by atoms with Gasteiger partial charge in [0.15, 0.2) is 6.61 Å². The Morgan fingerprint density at radius 3 is 2.03 bits per heavy atom. The van der Waals surface area contributed by atoms with E-state index < -0.39 is 42.1 Å². The Kier molecular flexibility index (Phi) is 12.7. The summed E-state index contributed by atoms with van der Waals surface area (Å²) in [6.45, 7) is 7.27. The molecule has 0 aromatic heterocycles. The largest absolute Gasteiger partial charge is 0.481 e. The number of halogens is 1. The smallest absolute Gasteiger partial charge is 0.416 e. The number of esters is 2. The Balaban J connectivity index is 3.29. The first-order valence-corrected chi connectivity index (χ1v) is 12.0. The Morgan fingerprint density at radius 2 is 1.54 bits per heavy atom. The predicted molar refractivity (Wildman–Crippen MR) is 136 cm³/mol. The Labute approximate surface area is 221 Å². The van der Waals surface area contributed by atoms with Crippen LogP contribution in [0, 0.1) is 0 Å². The highest BCUT2D eigenvalue weighted by Crippen LogP contribution is 2.32. The van der Waals surface area contributed by atoms with E-state index >= 15 is 0 Å². The van der Waals surface area contributed by atoms with E-state index in [4.69, 9.17) is 30.5 Å². The number of carbonyl (C=O) groups excluding carboxylic acids is 5. The van der Waals surface area contributed by atoms with E-state index in [9.17, 15) is 24.0 Å². The molecule has 0 aliphatic carbocycles. The molecular weight excluding hydrogens is 510 g/mol. The molecule has 1 aromatic carbocycles. The predicted octanol–water partition coefficient (Wildman–Crippen LogP) is 2.57. The van der Waals surface area contributed by atoms with Gasteiger partial charge in [-0.05, 0) is 46.8 Å². The zero-order valence-corrected chi connectivity index (χ0v) is 22.7. The first-order chi connectivity index (χ1) is 17.3. The van der Waals surface area contributed by atoms with E-state index in [1.807, 2.05) is 0 Å². The van der Waals surface area contributed by atoms with Crippen molar-refractivity contribution in [2.75, 3.05) is 56.1 Å². The van der Waals surface area contributed by atoms with Gasteiger partial charge >= 0.3 is 18.0 Å². The summed E-state index contributed by atoms with van der Waals surface area (Å²) in [6.07, 6.45) is -0.865. The van der Waals surface area contributed by atoms with Crippen molar-refractivity contribution in [2.45, 2.75) is 40.2 Å². The number of ether oxygens (including phenoxy) is 4. The SMILES string of the molecule is CCOC(=O)CN(CC(=O)OCC)c1ccc(NC(=O)CCl)cc1OCC(=O)N(C)C(=O)OC(C)(C)C. The van der Waals surface area contributed by atoms with Gasteiger partial charge < -0.3 is 29.2 Å². The van der Waals surface area contributed by atoms with E-state index in [1.165, 1.54) is 30.1 Å². The molecule has 0 spiro atoms. The fourth-order valence-electron chi connectivity index (χ4n) is 2.78. The molecule has 0 heterocycles. The van der Waals surface area contributed by atoms with Crippen LogP contribution in [0.1, 0.15) is 34.6 Å². The number of hydrogen-bond donors (Lipinski definition) is 1. The molecular formula is C24H34ClN3O9. The van der Waals surface area contributed by atoms with Crippen LogP contribution in [-0.4, -0.2) is 86.2 Å². The maximum atomic E-state index is 12.6. The molecule has 0 radical (unpaired) electrons. The second-order valence-electron chi connectivity index (χ2n) is 8.55. The molecule has 0 aliphatic heterocycles.